The lowest BCUT2D eigenvalue weighted by atomic mass is 9.57. The Morgan fingerprint density at radius 2 is 2.00 bits per heavy atom. The smallest absolute Gasteiger partial charge is 0.139 e. The summed E-state index contributed by atoms with van der Waals surface area (Å²) in [6, 6.07) is 0. The van der Waals surface area contributed by atoms with Crippen LogP contribution in [-0.2, 0) is 4.79 Å². The Morgan fingerprint density at radius 1 is 1.15 bits per heavy atom. The number of carbonyl (C=O) groups is 1. The summed E-state index contributed by atoms with van der Waals surface area (Å²) in [5.41, 5.74) is 2.96. The first-order valence-electron chi connectivity index (χ1n) is 8.21. The topological polar surface area (TPSA) is 37.3 Å². The summed E-state index contributed by atoms with van der Waals surface area (Å²) < 4.78 is 0. The molecule has 5 atom stereocenters. The maximum absolute atomic E-state index is 12.3. The van der Waals surface area contributed by atoms with Crippen LogP contribution < -0.4 is 0 Å². The molecule has 4 unspecified atom stereocenters. The molecule has 1 N–H and O–H groups in total. The Labute approximate surface area is 120 Å². The molecular formula is C18H24O2. The Kier molecular flexibility index (Phi) is 2.76. The van der Waals surface area contributed by atoms with Gasteiger partial charge in [0.1, 0.15) is 5.78 Å². The van der Waals surface area contributed by atoms with Gasteiger partial charge in [0.25, 0.3) is 0 Å². The second-order valence-corrected chi connectivity index (χ2v) is 7.53. The lowest BCUT2D eigenvalue weighted by molar-refractivity contribution is -0.127. The second kappa shape index (κ2) is 4.30. The zero-order valence-electron chi connectivity index (χ0n) is 12.3. The van der Waals surface area contributed by atoms with Crippen LogP contribution in [0.5, 0.6) is 0 Å². The summed E-state index contributed by atoms with van der Waals surface area (Å²) in [5, 5.41) is 9.86. The molecule has 0 aromatic rings. The van der Waals surface area contributed by atoms with Gasteiger partial charge in [-0.1, -0.05) is 30.2 Å². The van der Waals surface area contributed by atoms with Gasteiger partial charge in [-0.15, -0.1) is 0 Å². The first-order chi connectivity index (χ1) is 9.59. The largest absolute Gasteiger partial charge is 0.393 e. The summed E-state index contributed by atoms with van der Waals surface area (Å²) in [4.78, 5) is 12.3. The van der Waals surface area contributed by atoms with Gasteiger partial charge in [-0.05, 0) is 56.3 Å². The molecule has 0 bridgehead atoms. The standard InChI is InChI=1S/C18H24O2/c1-18-9-8-14-13-5-3-12(19)10-11(13)2-4-15(14)16(18)6-7-17(18)20/h2,4,12-14,16,19H,3,5-10H2,1H3/t12?,13-,14?,16?,18?/m1/s1. The molecule has 0 aromatic heterocycles. The number of Topliss-reactive ketones (excluding diaryl/α,β-unsaturated/α-hetero) is 1. The minimum absolute atomic E-state index is 0.0676. The maximum atomic E-state index is 12.3. The molecule has 3 fully saturated rings. The molecule has 4 aliphatic carbocycles. The molecule has 4 rings (SSSR count). The van der Waals surface area contributed by atoms with Crippen LogP contribution in [0.15, 0.2) is 23.3 Å². The lowest BCUT2D eigenvalue weighted by Gasteiger charge is -2.47. The van der Waals surface area contributed by atoms with Gasteiger partial charge in [0.15, 0.2) is 0 Å². The third kappa shape index (κ3) is 1.64. The van der Waals surface area contributed by atoms with Crippen LogP contribution >= 0.6 is 0 Å². The van der Waals surface area contributed by atoms with E-state index in [4.69, 9.17) is 0 Å². The molecule has 0 heterocycles. The van der Waals surface area contributed by atoms with Crippen molar-refractivity contribution in [2.24, 2.45) is 23.2 Å². The first kappa shape index (κ1) is 12.8. The summed E-state index contributed by atoms with van der Waals surface area (Å²) in [5.74, 6) is 2.30. The summed E-state index contributed by atoms with van der Waals surface area (Å²) in [6.07, 6.45) is 11.5. The van der Waals surface area contributed by atoms with Crippen molar-refractivity contribution in [3.63, 3.8) is 0 Å². The average Bonchev–Trinajstić information content (AvgIpc) is 2.74. The van der Waals surface area contributed by atoms with E-state index in [0.29, 0.717) is 23.5 Å². The van der Waals surface area contributed by atoms with Crippen LogP contribution in [-0.4, -0.2) is 17.0 Å². The van der Waals surface area contributed by atoms with Gasteiger partial charge < -0.3 is 5.11 Å². The van der Waals surface area contributed by atoms with Gasteiger partial charge in [0.2, 0.25) is 0 Å². The molecule has 0 spiro atoms. The quantitative estimate of drug-likeness (QED) is 0.733. The molecule has 4 aliphatic rings. The fraction of sp³-hybridized carbons (Fsp3) is 0.722. The highest BCUT2D eigenvalue weighted by atomic mass is 16.3. The number of rotatable bonds is 0. The summed E-state index contributed by atoms with van der Waals surface area (Å²) in [7, 11) is 0. The van der Waals surface area contributed by atoms with Crippen molar-refractivity contribution in [1.29, 1.82) is 0 Å². The Balaban J connectivity index is 1.70. The van der Waals surface area contributed by atoms with E-state index in [9.17, 15) is 9.90 Å². The van der Waals surface area contributed by atoms with Gasteiger partial charge in [-0.25, -0.2) is 0 Å². The van der Waals surface area contributed by atoms with Crippen molar-refractivity contribution >= 4 is 5.78 Å². The molecular weight excluding hydrogens is 248 g/mol. The number of carbonyl (C=O) groups excluding carboxylic acids is 1. The Morgan fingerprint density at radius 3 is 2.85 bits per heavy atom. The molecule has 0 saturated heterocycles. The number of hydrogen-bond acceptors (Lipinski definition) is 2. The SMILES string of the molecule is CC12CCC3C(=CC=C4CC(O)CC[C@H]43)C1CCC2=O. The number of fused-ring (bicyclic) bond motifs is 5. The first-order valence-corrected chi connectivity index (χ1v) is 8.21. The number of ketones is 1. The third-order valence-electron chi connectivity index (χ3n) is 6.61. The van der Waals surface area contributed by atoms with E-state index >= 15 is 0 Å². The van der Waals surface area contributed by atoms with Gasteiger partial charge in [0, 0.05) is 11.8 Å². The molecule has 0 amide bonds. The highest BCUT2D eigenvalue weighted by molar-refractivity contribution is 5.87. The average molecular weight is 272 g/mol. The predicted octanol–water partition coefficient (Wildman–Crippen LogP) is 3.41. The van der Waals surface area contributed by atoms with Crippen LogP contribution in [0.2, 0.25) is 0 Å². The van der Waals surface area contributed by atoms with E-state index in [1.54, 1.807) is 5.57 Å². The maximum Gasteiger partial charge on any atom is 0.139 e. The van der Waals surface area contributed by atoms with Gasteiger partial charge in [-0.2, -0.15) is 0 Å². The highest BCUT2D eigenvalue weighted by Crippen LogP contribution is 2.58. The molecule has 3 saturated carbocycles. The zero-order chi connectivity index (χ0) is 13.9. The molecule has 2 heteroatoms. The molecule has 108 valence electrons. The van der Waals surface area contributed by atoms with Crippen LogP contribution in [0.1, 0.15) is 51.9 Å². The summed E-state index contributed by atoms with van der Waals surface area (Å²) >= 11 is 0. The van der Waals surface area contributed by atoms with Crippen molar-refractivity contribution in [2.75, 3.05) is 0 Å². The predicted molar refractivity (Wildman–Crippen MR) is 78.1 cm³/mol. The highest BCUT2D eigenvalue weighted by Gasteiger charge is 2.53. The normalized spacial score (nSPS) is 47.0. The second-order valence-electron chi connectivity index (χ2n) is 7.53. The van der Waals surface area contributed by atoms with E-state index in [1.165, 1.54) is 12.0 Å². The van der Waals surface area contributed by atoms with E-state index in [1.807, 2.05) is 0 Å². The third-order valence-corrected chi connectivity index (χ3v) is 6.61. The number of hydrogen-bond donors (Lipinski definition) is 1. The van der Waals surface area contributed by atoms with Crippen molar-refractivity contribution in [3.8, 4) is 0 Å². The fourth-order valence-corrected chi connectivity index (χ4v) is 5.41. The van der Waals surface area contributed by atoms with Crippen molar-refractivity contribution < 1.29 is 9.90 Å². The molecule has 2 nitrogen and oxygen atoms in total. The van der Waals surface area contributed by atoms with Gasteiger partial charge >= 0.3 is 0 Å². The Hall–Kier alpha value is -0.890. The van der Waals surface area contributed by atoms with Gasteiger partial charge in [0.05, 0.1) is 6.10 Å². The van der Waals surface area contributed by atoms with Crippen LogP contribution in [0.25, 0.3) is 0 Å². The van der Waals surface area contributed by atoms with Crippen molar-refractivity contribution in [2.45, 2.75) is 58.0 Å². The summed E-state index contributed by atoms with van der Waals surface area (Å²) in [6.45, 7) is 2.20. The van der Waals surface area contributed by atoms with Crippen LogP contribution in [0.4, 0.5) is 0 Å². The molecule has 0 aromatic carbocycles. The zero-order valence-corrected chi connectivity index (χ0v) is 12.3. The molecule has 0 radical (unpaired) electrons. The number of aliphatic hydroxyl groups excluding tert-OH is 1. The Bertz CT molecular complexity index is 516. The monoisotopic (exact) mass is 272 g/mol. The fourth-order valence-electron chi connectivity index (χ4n) is 5.41. The van der Waals surface area contributed by atoms with E-state index in [-0.39, 0.29) is 11.5 Å². The van der Waals surface area contributed by atoms with Crippen LogP contribution in [0, 0.1) is 23.2 Å². The van der Waals surface area contributed by atoms with Crippen molar-refractivity contribution in [3.05, 3.63) is 23.3 Å². The number of aliphatic hydroxyl groups is 1. The van der Waals surface area contributed by atoms with Gasteiger partial charge in [-0.3, -0.25) is 4.79 Å². The van der Waals surface area contributed by atoms with E-state index in [0.717, 1.165) is 38.5 Å². The molecule has 20 heavy (non-hydrogen) atoms. The van der Waals surface area contributed by atoms with E-state index in [2.05, 4.69) is 19.1 Å². The minimum atomic E-state index is -0.130. The van der Waals surface area contributed by atoms with Crippen LogP contribution in [0.3, 0.4) is 0 Å². The number of allylic oxidation sites excluding steroid dienone is 3. The minimum Gasteiger partial charge on any atom is -0.393 e. The molecule has 0 aliphatic heterocycles. The lowest BCUT2D eigenvalue weighted by Crippen LogP contribution is -2.41. The van der Waals surface area contributed by atoms with E-state index < -0.39 is 0 Å². The van der Waals surface area contributed by atoms with Crippen molar-refractivity contribution in [1.82, 2.24) is 0 Å².